The minimum atomic E-state index is -0.177. The molecule has 2 N–H and O–H groups in total. The molecule has 0 aliphatic rings. The maximum Gasteiger partial charge on any atom is 0.191 e. The second-order valence-corrected chi connectivity index (χ2v) is 6.60. The van der Waals surface area contributed by atoms with Crippen molar-refractivity contribution < 1.29 is 4.39 Å². The third-order valence-corrected chi connectivity index (χ3v) is 4.11. The second kappa shape index (κ2) is 10.5. The van der Waals surface area contributed by atoms with Crippen LogP contribution in [0.5, 0.6) is 0 Å². The Kier molecular flexibility index (Phi) is 9.04. The molecule has 144 valence electrons. The van der Waals surface area contributed by atoms with Crippen LogP contribution in [0, 0.1) is 32.5 Å². The molecule has 2 aromatic rings. The number of hydrogen-bond acceptors (Lipinski definition) is 2. The van der Waals surface area contributed by atoms with Gasteiger partial charge in [0.15, 0.2) is 5.96 Å². The fraction of sp³-hybridized carbons (Fsp3) is 0.474. The minimum Gasteiger partial charge on any atom is -0.356 e. The summed E-state index contributed by atoms with van der Waals surface area (Å²) in [4.78, 5) is 4.24. The Morgan fingerprint density at radius 2 is 1.96 bits per heavy atom. The lowest BCUT2D eigenvalue weighted by molar-refractivity contribution is 0.436. The van der Waals surface area contributed by atoms with Crippen LogP contribution in [0.25, 0.3) is 0 Å². The highest BCUT2D eigenvalue weighted by Crippen LogP contribution is 2.09. The van der Waals surface area contributed by atoms with Crippen molar-refractivity contribution in [1.82, 2.24) is 20.4 Å². The Morgan fingerprint density at radius 3 is 2.54 bits per heavy atom. The molecule has 0 saturated heterocycles. The third-order valence-electron chi connectivity index (χ3n) is 4.11. The first-order valence-corrected chi connectivity index (χ1v) is 8.59. The van der Waals surface area contributed by atoms with Crippen LogP contribution in [0.3, 0.4) is 0 Å². The highest BCUT2D eigenvalue weighted by molar-refractivity contribution is 14.0. The van der Waals surface area contributed by atoms with Gasteiger partial charge in [-0.25, -0.2) is 4.39 Å². The van der Waals surface area contributed by atoms with Gasteiger partial charge in [0.1, 0.15) is 5.82 Å². The lowest BCUT2D eigenvalue weighted by Gasteiger charge is -2.17. The van der Waals surface area contributed by atoms with E-state index in [1.54, 1.807) is 20.0 Å². The summed E-state index contributed by atoms with van der Waals surface area (Å²) in [7, 11) is 1.75. The number of rotatable bonds is 6. The molecule has 0 bridgehead atoms. The normalized spacial score (nSPS) is 12.5. The number of benzene rings is 1. The molecular formula is C19H29FIN5. The van der Waals surface area contributed by atoms with Crippen LogP contribution in [-0.2, 0) is 13.1 Å². The average molecular weight is 473 g/mol. The number of aromatic nitrogens is 2. The molecule has 1 atom stereocenters. The average Bonchev–Trinajstić information content (AvgIpc) is 2.88. The van der Waals surface area contributed by atoms with Crippen molar-refractivity contribution in [3.05, 3.63) is 52.6 Å². The van der Waals surface area contributed by atoms with Gasteiger partial charge in [0.05, 0.1) is 5.69 Å². The van der Waals surface area contributed by atoms with E-state index in [2.05, 4.69) is 40.6 Å². The topological polar surface area (TPSA) is 54.2 Å². The van der Waals surface area contributed by atoms with Crippen molar-refractivity contribution >= 4 is 29.9 Å². The largest absolute Gasteiger partial charge is 0.356 e. The Labute approximate surface area is 172 Å². The summed E-state index contributed by atoms with van der Waals surface area (Å²) in [6, 6.07) is 7.22. The van der Waals surface area contributed by atoms with E-state index in [-0.39, 0.29) is 29.8 Å². The zero-order valence-corrected chi connectivity index (χ0v) is 18.5. The number of guanidine groups is 1. The number of nitrogens with zero attached hydrogens (tertiary/aromatic N) is 3. The quantitative estimate of drug-likeness (QED) is 0.383. The van der Waals surface area contributed by atoms with E-state index in [0.29, 0.717) is 18.0 Å². The van der Waals surface area contributed by atoms with Crippen molar-refractivity contribution in [3.63, 3.8) is 0 Å². The summed E-state index contributed by atoms with van der Waals surface area (Å²) in [5.41, 5.74) is 3.90. The molecule has 0 radical (unpaired) electrons. The number of aryl methyl sites for hydroxylation is 3. The zero-order valence-electron chi connectivity index (χ0n) is 16.1. The van der Waals surface area contributed by atoms with Gasteiger partial charge in [-0.3, -0.25) is 9.67 Å². The fourth-order valence-electron chi connectivity index (χ4n) is 2.71. The second-order valence-electron chi connectivity index (χ2n) is 6.60. The van der Waals surface area contributed by atoms with E-state index < -0.39 is 0 Å². The predicted molar refractivity (Wildman–Crippen MR) is 116 cm³/mol. The summed E-state index contributed by atoms with van der Waals surface area (Å²) in [6.07, 6.45) is 0. The van der Waals surface area contributed by atoms with Gasteiger partial charge in [-0.2, -0.15) is 5.10 Å². The minimum absolute atomic E-state index is 0. The smallest absolute Gasteiger partial charge is 0.191 e. The fourth-order valence-corrected chi connectivity index (χ4v) is 2.71. The number of aliphatic imine (C=N–C) groups is 1. The Morgan fingerprint density at radius 1 is 1.23 bits per heavy atom. The summed E-state index contributed by atoms with van der Waals surface area (Å²) in [5, 5.41) is 11.1. The molecule has 1 aromatic heterocycles. The molecule has 0 saturated carbocycles. The lowest BCUT2D eigenvalue weighted by Crippen LogP contribution is -2.39. The first-order chi connectivity index (χ1) is 11.9. The van der Waals surface area contributed by atoms with E-state index in [0.717, 1.165) is 30.3 Å². The summed E-state index contributed by atoms with van der Waals surface area (Å²) >= 11 is 0. The van der Waals surface area contributed by atoms with E-state index >= 15 is 0 Å². The first kappa shape index (κ1) is 22.4. The first-order valence-electron chi connectivity index (χ1n) is 8.59. The lowest BCUT2D eigenvalue weighted by atomic mass is 10.1. The monoisotopic (exact) mass is 473 g/mol. The Balaban J connectivity index is 0.00000338. The van der Waals surface area contributed by atoms with Gasteiger partial charge in [-0.05, 0) is 49.9 Å². The molecule has 0 aliphatic heterocycles. The maximum absolute atomic E-state index is 13.3. The SMILES string of the molecule is CN=C(NCc1ccc(F)c(C)c1)NCC(C)Cn1nc(C)cc1C.I. The van der Waals surface area contributed by atoms with Crippen molar-refractivity contribution in [2.45, 2.75) is 40.8 Å². The standard InChI is InChI=1S/C19H28FN5.HI/c1-13(12-25-16(4)9-15(3)24-25)10-22-19(21-5)23-11-17-6-7-18(20)14(2)8-17;/h6-9,13H,10-12H2,1-5H3,(H2,21,22,23);1H. The molecule has 1 heterocycles. The molecule has 1 aromatic carbocycles. The van der Waals surface area contributed by atoms with E-state index in [9.17, 15) is 4.39 Å². The zero-order chi connectivity index (χ0) is 18.4. The highest BCUT2D eigenvalue weighted by atomic mass is 127. The molecule has 5 nitrogen and oxygen atoms in total. The maximum atomic E-state index is 13.3. The summed E-state index contributed by atoms with van der Waals surface area (Å²) < 4.78 is 15.4. The number of nitrogens with one attached hydrogen (secondary N) is 2. The van der Waals surface area contributed by atoms with Crippen LogP contribution in [-0.4, -0.2) is 29.3 Å². The molecule has 0 aliphatic carbocycles. The molecule has 1 unspecified atom stereocenters. The van der Waals surface area contributed by atoms with Crippen LogP contribution in [0.2, 0.25) is 0 Å². The molecule has 7 heteroatoms. The van der Waals surface area contributed by atoms with Gasteiger partial charge in [-0.1, -0.05) is 19.1 Å². The summed E-state index contributed by atoms with van der Waals surface area (Å²) in [6.45, 7) is 10.3. The van der Waals surface area contributed by atoms with Gasteiger partial charge >= 0.3 is 0 Å². The van der Waals surface area contributed by atoms with Crippen molar-refractivity contribution in [1.29, 1.82) is 0 Å². The van der Waals surface area contributed by atoms with Gasteiger partial charge in [0.2, 0.25) is 0 Å². The molecule has 0 spiro atoms. The predicted octanol–water partition coefficient (Wildman–Crippen LogP) is 3.57. The van der Waals surface area contributed by atoms with E-state index in [4.69, 9.17) is 0 Å². The van der Waals surface area contributed by atoms with Crippen LogP contribution >= 0.6 is 24.0 Å². The van der Waals surface area contributed by atoms with Crippen LogP contribution in [0.15, 0.2) is 29.3 Å². The van der Waals surface area contributed by atoms with Crippen LogP contribution < -0.4 is 10.6 Å². The number of hydrogen-bond donors (Lipinski definition) is 2. The Hall–Kier alpha value is -1.64. The highest BCUT2D eigenvalue weighted by Gasteiger charge is 2.08. The van der Waals surface area contributed by atoms with E-state index in [1.165, 1.54) is 11.8 Å². The van der Waals surface area contributed by atoms with Gasteiger partial charge < -0.3 is 10.6 Å². The summed E-state index contributed by atoms with van der Waals surface area (Å²) in [5.74, 6) is 0.969. The molecule has 0 fully saturated rings. The van der Waals surface area contributed by atoms with Crippen molar-refractivity contribution in [2.24, 2.45) is 10.9 Å². The van der Waals surface area contributed by atoms with Crippen molar-refractivity contribution in [3.8, 4) is 0 Å². The molecule has 26 heavy (non-hydrogen) atoms. The van der Waals surface area contributed by atoms with Gasteiger partial charge in [-0.15, -0.1) is 24.0 Å². The molecular weight excluding hydrogens is 444 g/mol. The van der Waals surface area contributed by atoms with Gasteiger partial charge in [0, 0.05) is 32.4 Å². The Bertz CT molecular complexity index is 742. The molecule has 2 rings (SSSR count). The van der Waals surface area contributed by atoms with E-state index in [1.807, 2.05) is 17.7 Å². The van der Waals surface area contributed by atoms with Crippen LogP contribution in [0.4, 0.5) is 4.39 Å². The van der Waals surface area contributed by atoms with Crippen molar-refractivity contribution in [2.75, 3.05) is 13.6 Å². The molecule has 0 amide bonds. The third kappa shape index (κ3) is 6.59. The van der Waals surface area contributed by atoms with Gasteiger partial charge in [0.25, 0.3) is 0 Å². The number of halogens is 2. The van der Waals surface area contributed by atoms with Crippen LogP contribution in [0.1, 0.15) is 29.4 Å².